The fourth-order valence-electron chi connectivity index (χ4n) is 2.29. The van der Waals surface area contributed by atoms with Crippen LogP contribution in [0.25, 0.3) is 10.9 Å². The van der Waals surface area contributed by atoms with Gasteiger partial charge < -0.3 is 10.6 Å². The minimum Gasteiger partial charge on any atom is -0.382 e. The van der Waals surface area contributed by atoms with E-state index in [-0.39, 0.29) is 0 Å². The van der Waals surface area contributed by atoms with E-state index in [1.54, 1.807) is 0 Å². The quantitative estimate of drug-likeness (QED) is 0.811. The number of nitrogens with one attached hydrogen (secondary N) is 2. The fraction of sp³-hybridized carbons (Fsp3) is 0.438. The average molecular weight is 257 g/mol. The van der Waals surface area contributed by atoms with Gasteiger partial charge in [-0.05, 0) is 32.4 Å². The molecule has 0 saturated heterocycles. The molecule has 1 aromatic heterocycles. The lowest BCUT2D eigenvalue weighted by Gasteiger charge is -2.18. The Bertz CT molecular complexity index is 537. The third kappa shape index (κ3) is 3.37. The lowest BCUT2D eigenvalue weighted by Crippen LogP contribution is -2.17. The van der Waals surface area contributed by atoms with Gasteiger partial charge >= 0.3 is 0 Å². The molecule has 1 aromatic carbocycles. The Labute approximate surface area is 115 Å². The van der Waals surface area contributed by atoms with Crippen LogP contribution < -0.4 is 10.6 Å². The highest BCUT2D eigenvalue weighted by Crippen LogP contribution is 2.25. The number of rotatable bonds is 6. The molecule has 0 radical (unpaired) electrons. The van der Waals surface area contributed by atoms with Crippen LogP contribution in [0.1, 0.15) is 33.6 Å². The summed E-state index contributed by atoms with van der Waals surface area (Å²) in [5.74, 6) is 0.960. The van der Waals surface area contributed by atoms with Gasteiger partial charge in [0.05, 0.1) is 11.2 Å². The first-order valence-corrected chi connectivity index (χ1v) is 7.14. The van der Waals surface area contributed by atoms with Gasteiger partial charge in [0.1, 0.15) is 5.82 Å². The zero-order valence-electron chi connectivity index (χ0n) is 12.0. The Kier molecular flexibility index (Phi) is 4.61. The lowest BCUT2D eigenvalue weighted by atomic mass is 10.1. The van der Waals surface area contributed by atoms with Crippen LogP contribution >= 0.6 is 0 Å². The van der Waals surface area contributed by atoms with Gasteiger partial charge in [-0.15, -0.1) is 0 Å². The summed E-state index contributed by atoms with van der Waals surface area (Å²) in [6.45, 7) is 7.42. The number of para-hydroxylation sites is 1. The summed E-state index contributed by atoms with van der Waals surface area (Å²) >= 11 is 0. The molecule has 3 nitrogen and oxygen atoms in total. The van der Waals surface area contributed by atoms with E-state index in [4.69, 9.17) is 4.98 Å². The molecule has 102 valence electrons. The van der Waals surface area contributed by atoms with Crippen LogP contribution in [0.4, 0.5) is 11.5 Å². The van der Waals surface area contributed by atoms with E-state index < -0.39 is 0 Å². The molecule has 2 N–H and O–H groups in total. The molecule has 0 aliphatic heterocycles. The van der Waals surface area contributed by atoms with E-state index in [0.29, 0.717) is 6.04 Å². The van der Waals surface area contributed by atoms with Gasteiger partial charge in [-0.2, -0.15) is 0 Å². The molecule has 0 aliphatic carbocycles. The second-order valence-corrected chi connectivity index (χ2v) is 4.94. The van der Waals surface area contributed by atoms with E-state index in [1.165, 1.54) is 11.8 Å². The zero-order valence-corrected chi connectivity index (χ0v) is 12.0. The molecule has 0 saturated carbocycles. The van der Waals surface area contributed by atoms with Gasteiger partial charge in [0.15, 0.2) is 0 Å². The minimum absolute atomic E-state index is 0.441. The molecule has 1 atom stereocenters. The van der Waals surface area contributed by atoms with Gasteiger partial charge in [0.2, 0.25) is 0 Å². The lowest BCUT2D eigenvalue weighted by molar-refractivity contribution is 0.688. The smallest absolute Gasteiger partial charge is 0.150 e. The maximum absolute atomic E-state index is 4.74. The third-order valence-electron chi connectivity index (χ3n) is 3.20. The summed E-state index contributed by atoms with van der Waals surface area (Å²) in [4.78, 5) is 4.74. The number of fused-ring (bicyclic) bond motifs is 1. The van der Waals surface area contributed by atoms with Crippen molar-refractivity contribution in [3.63, 3.8) is 0 Å². The van der Waals surface area contributed by atoms with Crippen LogP contribution in [-0.2, 0) is 0 Å². The number of pyridine rings is 1. The van der Waals surface area contributed by atoms with Gasteiger partial charge in [0, 0.05) is 18.0 Å². The van der Waals surface area contributed by atoms with Crippen LogP contribution in [0.15, 0.2) is 30.3 Å². The molecule has 0 amide bonds. The predicted octanol–water partition coefficient (Wildman–Crippen LogP) is 4.27. The summed E-state index contributed by atoms with van der Waals surface area (Å²) in [5.41, 5.74) is 2.12. The van der Waals surface area contributed by atoms with Crippen LogP contribution in [0.3, 0.4) is 0 Å². The topological polar surface area (TPSA) is 37.0 Å². The number of hydrogen-bond donors (Lipinski definition) is 2. The molecular weight excluding hydrogens is 234 g/mol. The van der Waals surface area contributed by atoms with E-state index in [2.05, 4.69) is 49.6 Å². The number of nitrogens with zero attached hydrogens (tertiary/aromatic N) is 1. The molecule has 0 fully saturated rings. The largest absolute Gasteiger partial charge is 0.382 e. The Hall–Kier alpha value is -1.77. The number of benzene rings is 1. The maximum atomic E-state index is 4.74. The fourth-order valence-corrected chi connectivity index (χ4v) is 2.29. The first kappa shape index (κ1) is 13.7. The Morgan fingerprint density at radius 3 is 2.74 bits per heavy atom. The van der Waals surface area contributed by atoms with Crippen molar-refractivity contribution in [2.24, 2.45) is 0 Å². The van der Waals surface area contributed by atoms with Crippen molar-refractivity contribution in [3.05, 3.63) is 30.3 Å². The van der Waals surface area contributed by atoms with E-state index in [9.17, 15) is 0 Å². The summed E-state index contributed by atoms with van der Waals surface area (Å²) in [7, 11) is 0. The van der Waals surface area contributed by atoms with Crippen molar-refractivity contribution < 1.29 is 0 Å². The Balaban J connectivity index is 2.35. The number of hydrogen-bond acceptors (Lipinski definition) is 3. The van der Waals surface area contributed by atoms with E-state index in [1.807, 2.05) is 12.1 Å². The summed E-state index contributed by atoms with van der Waals surface area (Å²) in [6, 6.07) is 10.8. The molecule has 3 heteroatoms. The molecule has 0 aliphatic rings. The molecule has 2 aromatic rings. The molecule has 0 bridgehead atoms. The highest BCUT2D eigenvalue weighted by molar-refractivity contribution is 5.86. The Morgan fingerprint density at radius 2 is 2.00 bits per heavy atom. The first-order chi connectivity index (χ1) is 9.24. The molecule has 0 spiro atoms. The summed E-state index contributed by atoms with van der Waals surface area (Å²) in [6.07, 6.45) is 2.33. The predicted molar refractivity (Wildman–Crippen MR) is 83.9 cm³/mol. The second-order valence-electron chi connectivity index (χ2n) is 4.94. The molecule has 1 heterocycles. The van der Waals surface area contributed by atoms with Crippen molar-refractivity contribution in [3.8, 4) is 0 Å². The standard InChI is InChI=1S/C16H23N3/c1-4-8-12(3)18-16-15(17-5-2)11-13-9-6-7-10-14(13)19-16/h6-7,9-12,17H,4-5,8H2,1-3H3,(H,18,19). The highest BCUT2D eigenvalue weighted by Gasteiger charge is 2.08. The maximum Gasteiger partial charge on any atom is 0.150 e. The molecule has 19 heavy (non-hydrogen) atoms. The van der Waals surface area contributed by atoms with Gasteiger partial charge in [-0.1, -0.05) is 31.5 Å². The van der Waals surface area contributed by atoms with Crippen molar-refractivity contribution >= 4 is 22.4 Å². The monoisotopic (exact) mass is 257 g/mol. The van der Waals surface area contributed by atoms with Crippen LogP contribution in [0, 0.1) is 0 Å². The van der Waals surface area contributed by atoms with Gasteiger partial charge in [-0.3, -0.25) is 0 Å². The van der Waals surface area contributed by atoms with Crippen molar-refractivity contribution in [1.29, 1.82) is 0 Å². The molecule has 1 unspecified atom stereocenters. The van der Waals surface area contributed by atoms with E-state index >= 15 is 0 Å². The number of aromatic nitrogens is 1. The third-order valence-corrected chi connectivity index (χ3v) is 3.20. The SMILES string of the molecule is CCCC(C)Nc1nc2ccccc2cc1NCC. The first-order valence-electron chi connectivity index (χ1n) is 7.14. The van der Waals surface area contributed by atoms with Crippen molar-refractivity contribution in [2.75, 3.05) is 17.2 Å². The van der Waals surface area contributed by atoms with Crippen LogP contribution in [-0.4, -0.2) is 17.6 Å². The second kappa shape index (κ2) is 6.41. The van der Waals surface area contributed by atoms with E-state index in [0.717, 1.165) is 30.0 Å². The summed E-state index contributed by atoms with van der Waals surface area (Å²) in [5, 5.41) is 8.08. The normalized spacial score (nSPS) is 12.4. The average Bonchev–Trinajstić information content (AvgIpc) is 2.40. The zero-order chi connectivity index (χ0) is 13.7. The highest BCUT2D eigenvalue weighted by atomic mass is 15.1. The molecule has 2 rings (SSSR count). The van der Waals surface area contributed by atoms with Crippen LogP contribution in [0.5, 0.6) is 0 Å². The van der Waals surface area contributed by atoms with Crippen LogP contribution in [0.2, 0.25) is 0 Å². The summed E-state index contributed by atoms with van der Waals surface area (Å²) < 4.78 is 0. The Morgan fingerprint density at radius 1 is 1.21 bits per heavy atom. The minimum atomic E-state index is 0.441. The molecular formula is C16H23N3. The van der Waals surface area contributed by atoms with Gasteiger partial charge in [0.25, 0.3) is 0 Å². The van der Waals surface area contributed by atoms with Gasteiger partial charge in [-0.25, -0.2) is 4.98 Å². The number of anilines is 2. The van der Waals surface area contributed by atoms with Crippen molar-refractivity contribution in [1.82, 2.24) is 4.98 Å². The van der Waals surface area contributed by atoms with Crippen molar-refractivity contribution in [2.45, 2.75) is 39.7 Å².